The molecule has 0 aliphatic heterocycles. The second kappa shape index (κ2) is 7.58. The van der Waals surface area contributed by atoms with Crippen LogP contribution in [-0.4, -0.2) is 10.9 Å². The molecular formula is C19H11Cl2F3N2O. The van der Waals surface area contributed by atoms with Crippen LogP contribution < -0.4 is 5.32 Å². The van der Waals surface area contributed by atoms with E-state index in [1.54, 1.807) is 30.3 Å². The van der Waals surface area contributed by atoms with E-state index in [1.165, 1.54) is 18.3 Å². The van der Waals surface area contributed by atoms with Gasteiger partial charge >= 0.3 is 6.18 Å². The number of halogens is 5. The van der Waals surface area contributed by atoms with Gasteiger partial charge in [0, 0.05) is 23.0 Å². The highest BCUT2D eigenvalue weighted by atomic mass is 35.5. The van der Waals surface area contributed by atoms with Crippen molar-refractivity contribution in [1.82, 2.24) is 4.98 Å². The van der Waals surface area contributed by atoms with Gasteiger partial charge in [0.2, 0.25) is 0 Å². The highest BCUT2D eigenvalue weighted by Crippen LogP contribution is 2.32. The van der Waals surface area contributed by atoms with Gasteiger partial charge in [-0.25, -0.2) is 0 Å². The van der Waals surface area contributed by atoms with Gasteiger partial charge in [0.15, 0.2) is 0 Å². The van der Waals surface area contributed by atoms with Crippen LogP contribution in [0.15, 0.2) is 60.8 Å². The summed E-state index contributed by atoms with van der Waals surface area (Å²) >= 11 is 12.1. The van der Waals surface area contributed by atoms with Crippen LogP contribution in [-0.2, 0) is 6.18 Å². The Kier molecular flexibility index (Phi) is 5.39. The lowest BCUT2D eigenvalue weighted by atomic mass is 10.1. The smallest absolute Gasteiger partial charge is 0.322 e. The number of hydrogen-bond acceptors (Lipinski definition) is 2. The molecule has 0 aliphatic carbocycles. The van der Waals surface area contributed by atoms with Crippen molar-refractivity contribution >= 4 is 34.8 Å². The molecule has 3 aromatic rings. The zero-order chi connectivity index (χ0) is 19.6. The monoisotopic (exact) mass is 410 g/mol. The predicted molar refractivity (Wildman–Crippen MR) is 99.1 cm³/mol. The van der Waals surface area contributed by atoms with E-state index in [1.807, 2.05) is 0 Å². The normalized spacial score (nSPS) is 11.3. The fourth-order valence-corrected chi connectivity index (χ4v) is 2.71. The Morgan fingerprint density at radius 2 is 1.56 bits per heavy atom. The van der Waals surface area contributed by atoms with Crippen molar-refractivity contribution < 1.29 is 18.0 Å². The molecule has 0 aliphatic rings. The van der Waals surface area contributed by atoms with Crippen LogP contribution >= 0.6 is 23.2 Å². The molecule has 1 heterocycles. The fourth-order valence-electron chi connectivity index (χ4n) is 2.35. The van der Waals surface area contributed by atoms with Gasteiger partial charge in [-0.15, -0.1) is 0 Å². The second-order valence-corrected chi connectivity index (χ2v) is 6.35. The van der Waals surface area contributed by atoms with Crippen molar-refractivity contribution in [2.24, 2.45) is 0 Å². The van der Waals surface area contributed by atoms with E-state index in [-0.39, 0.29) is 5.69 Å². The first-order valence-corrected chi connectivity index (χ1v) is 8.40. The molecule has 0 bridgehead atoms. The molecule has 0 radical (unpaired) electrons. The molecule has 27 heavy (non-hydrogen) atoms. The summed E-state index contributed by atoms with van der Waals surface area (Å²) in [5, 5.41) is 3.22. The lowest BCUT2D eigenvalue weighted by Crippen LogP contribution is -2.12. The highest BCUT2D eigenvalue weighted by molar-refractivity contribution is 6.43. The standard InChI is InChI=1S/C19H11Cl2F3N2O/c20-15-9-10-25-17(16(15)21)11-1-3-12(4-2-11)18(27)26-14-7-5-13(6-8-14)19(22,23)24/h1-10H,(H,26,27). The summed E-state index contributed by atoms with van der Waals surface area (Å²) in [6.45, 7) is 0. The SMILES string of the molecule is O=C(Nc1ccc(C(F)(F)F)cc1)c1ccc(-c2nccc(Cl)c2Cl)cc1. The molecule has 2 aromatic carbocycles. The van der Waals surface area contributed by atoms with Crippen LogP contribution in [0.2, 0.25) is 10.0 Å². The van der Waals surface area contributed by atoms with E-state index in [0.717, 1.165) is 12.1 Å². The Morgan fingerprint density at radius 3 is 2.15 bits per heavy atom. The predicted octanol–water partition coefficient (Wildman–Crippen LogP) is 6.33. The molecule has 1 amide bonds. The number of nitrogens with one attached hydrogen (secondary N) is 1. The van der Waals surface area contributed by atoms with Gasteiger partial charge in [0.25, 0.3) is 5.91 Å². The molecule has 0 atom stereocenters. The van der Waals surface area contributed by atoms with E-state index >= 15 is 0 Å². The van der Waals surface area contributed by atoms with Gasteiger partial charge in [0.05, 0.1) is 21.3 Å². The number of alkyl halides is 3. The third kappa shape index (κ3) is 4.40. The molecule has 138 valence electrons. The summed E-state index contributed by atoms with van der Waals surface area (Å²) in [6.07, 6.45) is -2.90. The Hall–Kier alpha value is -2.57. The number of carbonyl (C=O) groups is 1. The molecule has 8 heteroatoms. The summed E-state index contributed by atoms with van der Waals surface area (Å²) in [5.41, 5.74) is 0.969. The minimum absolute atomic E-state index is 0.261. The van der Waals surface area contributed by atoms with E-state index in [0.29, 0.717) is 26.9 Å². The molecule has 0 saturated carbocycles. The fraction of sp³-hybridized carbons (Fsp3) is 0.0526. The van der Waals surface area contributed by atoms with Crippen molar-refractivity contribution in [3.63, 3.8) is 0 Å². The van der Waals surface area contributed by atoms with Crippen molar-refractivity contribution in [1.29, 1.82) is 0 Å². The van der Waals surface area contributed by atoms with Gasteiger partial charge in [-0.3, -0.25) is 9.78 Å². The van der Waals surface area contributed by atoms with E-state index in [4.69, 9.17) is 23.2 Å². The summed E-state index contributed by atoms with van der Waals surface area (Å²) in [7, 11) is 0. The van der Waals surface area contributed by atoms with Crippen LogP contribution in [0.5, 0.6) is 0 Å². The zero-order valence-corrected chi connectivity index (χ0v) is 15.0. The topological polar surface area (TPSA) is 42.0 Å². The number of benzene rings is 2. The Labute approximate surface area is 162 Å². The lowest BCUT2D eigenvalue weighted by molar-refractivity contribution is -0.137. The maximum atomic E-state index is 12.6. The van der Waals surface area contributed by atoms with Gasteiger partial charge in [-0.2, -0.15) is 13.2 Å². The average Bonchev–Trinajstić information content (AvgIpc) is 2.64. The van der Waals surface area contributed by atoms with Crippen LogP contribution in [0.1, 0.15) is 15.9 Å². The van der Waals surface area contributed by atoms with Gasteiger partial charge < -0.3 is 5.32 Å². The number of carbonyl (C=O) groups excluding carboxylic acids is 1. The quantitative estimate of drug-likeness (QED) is 0.548. The first-order valence-electron chi connectivity index (χ1n) is 7.65. The number of rotatable bonds is 3. The zero-order valence-electron chi connectivity index (χ0n) is 13.5. The number of aromatic nitrogens is 1. The van der Waals surface area contributed by atoms with Crippen LogP contribution in [0.25, 0.3) is 11.3 Å². The first kappa shape index (κ1) is 19.2. The van der Waals surface area contributed by atoms with Crippen molar-refractivity contribution in [3.05, 3.63) is 82.0 Å². The van der Waals surface area contributed by atoms with Gasteiger partial charge in [-0.05, 0) is 42.5 Å². The Bertz CT molecular complexity index is 972. The third-order valence-corrected chi connectivity index (χ3v) is 4.53. The minimum Gasteiger partial charge on any atom is -0.322 e. The number of anilines is 1. The minimum atomic E-state index is -4.42. The van der Waals surface area contributed by atoms with E-state index in [9.17, 15) is 18.0 Å². The molecule has 0 fully saturated rings. The summed E-state index contributed by atoms with van der Waals surface area (Å²) in [6, 6.07) is 12.2. The summed E-state index contributed by atoms with van der Waals surface area (Å²) < 4.78 is 37.7. The van der Waals surface area contributed by atoms with Crippen LogP contribution in [0.4, 0.5) is 18.9 Å². The Balaban J connectivity index is 1.75. The van der Waals surface area contributed by atoms with Gasteiger partial charge in [0.1, 0.15) is 0 Å². The third-order valence-electron chi connectivity index (χ3n) is 3.73. The van der Waals surface area contributed by atoms with Gasteiger partial charge in [-0.1, -0.05) is 35.3 Å². The van der Waals surface area contributed by atoms with E-state index in [2.05, 4.69) is 10.3 Å². The van der Waals surface area contributed by atoms with Crippen LogP contribution in [0, 0.1) is 0 Å². The average molecular weight is 411 g/mol. The number of pyridine rings is 1. The van der Waals surface area contributed by atoms with E-state index < -0.39 is 17.6 Å². The molecule has 3 nitrogen and oxygen atoms in total. The maximum Gasteiger partial charge on any atom is 0.416 e. The highest BCUT2D eigenvalue weighted by Gasteiger charge is 2.30. The molecule has 1 aromatic heterocycles. The number of nitrogens with zero attached hydrogens (tertiary/aromatic N) is 1. The molecular weight excluding hydrogens is 400 g/mol. The largest absolute Gasteiger partial charge is 0.416 e. The number of hydrogen-bond donors (Lipinski definition) is 1. The molecule has 0 spiro atoms. The maximum absolute atomic E-state index is 12.6. The molecule has 0 saturated heterocycles. The number of amides is 1. The van der Waals surface area contributed by atoms with Crippen molar-refractivity contribution in [2.45, 2.75) is 6.18 Å². The second-order valence-electron chi connectivity index (χ2n) is 5.56. The summed E-state index contributed by atoms with van der Waals surface area (Å²) in [4.78, 5) is 16.4. The summed E-state index contributed by atoms with van der Waals surface area (Å²) in [5.74, 6) is -0.452. The van der Waals surface area contributed by atoms with Crippen molar-refractivity contribution in [3.8, 4) is 11.3 Å². The van der Waals surface area contributed by atoms with Crippen molar-refractivity contribution in [2.75, 3.05) is 5.32 Å². The molecule has 1 N–H and O–H groups in total. The first-order chi connectivity index (χ1) is 12.8. The Morgan fingerprint density at radius 1 is 0.926 bits per heavy atom. The molecule has 0 unspecified atom stereocenters. The lowest BCUT2D eigenvalue weighted by Gasteiger charge is -2.09. The molecule has 3 rings (SSSR count). The van der Waals surface area contributed by atoms with Crippen LogP contribution in [0.3, 0.4) is 0 Å².